The maximum absolute atomic E-state index is 5.98. The first-order chi connectivity index (χ1) is 6.24. The van der Waals surface area contributed by atoms with E-state index in [9.17, 15) is 0 Å². The molecule has 1 nitrogen and oxygen atoms in total. The van der Waals surface area contributed by atoms with Gasteiger partial charge < -0.3 is 5.73 Å². The van der Waals surface area contributed by atoms with Gasteiger partial charge in [0.2, 0.25) is 0 Å². The first kappa shape index (κ1) is 13.2. The summed E-state index contributed by atoms with van der Waals surface area (Å²) in [7, 11) is 0. The van der Waals surface area contributed by atoms with Gasteiger partial charge in [0, 0.05) is 6.04 Å². The minimum absolute atomic E-state index is 0. The van der Waals surface area contributed by atoms with Crippen LogP contribution in [0, 0.1) is 6.92 Å². The molecule has 0 fully saturated rings. The van der Waals surface area contributed by atoms with Gasteiger partial charge in [-0.1, -0.05) is 35.9 Å². The second-order valence-electron chi connectivity index (χ2n) is 3.38. The molecule has 78 valence electrons. The van der Waals surface area contributed by atoms with Crippen molar-refractivity contribution in [3.63, 3.8) is 0 Å². The van der Waals surface area contributed by atoms with Crippen molar-refractivity contribution in [2.75, 3.05) is 0 Å². The Morgan fingerprint density at radius 2 is 1.93 bits per heavy atom. The Hall–Kier alpha value is -0.790. The lowest BCUT2D eigenvalue weighted by molar-refractivity contribution is 0.661. The topological polar surface area (TPSA) is 26.0 Å². The number of allylic oxidation sites excluding steroid dienone is 1. The molecule has 0 spiro atoms. The summed E-state index contributed by atoms with van der Waals surface area (Å²) in [5, 5.41) is 0. The van der Waals surface area contributed by atoms with E-state index in [0.29, 0.717) is 0 Å². The van der Waals surface area contributed by atoms with Crippen molar-refractivity contribution in [1.82, 2.24) is 0 Å². The number of rotatable bonds is 4. The van der Waals surface area contributed by atoms with E-state index in [0.717, 1.165) is 12.8 Å². The normalized spacial score (nSPS) is 11.6. The summed E-state index contributed by atoms with van der Waals surface area (Å²) >= 11 is 0. The molecule has 1 aromatic rings. The Morgan fingerprint density at radius 3 is 2.43 bits per heavy atom. The fourth-order valence-electron chi connectivity index (χ4n) is 1.28. The predicted octanol–water partition coefficient (Wildman–Crippen LogP) is 3.38. The van der Waals surface area contributed by atoms with E-state index in [-0.39, 0.29) is 18.4 Å². The molecule has 0 unspecified atom stereocenters. The smallest absolute Gasteiger partial charge is 0.0297 e. The van der Waals surface area contributed by atoms with Crippen molar-refractivity contribution in [3.8, 4) is 0 Å². The molecule has 2 heteroatoms. The van der Waals surface area contributed by atoms with Crippen LogP contribution < -0.4 is 5.73 Å². The third-order valence-corrected chi connectivity index (χ3v) is 2.19. The van der Waals surface area contributed by atoms with E-state index < -0.39 is 0 Å². The maximum Gasteiger partial charge on any atom is 0.0297 e. The van der Waals surface area contributed by atoms with Crippen LogP contribution in [0.25, 0.3) is 0 Å². The standard InChI is InChI=1S/C12H17N.ClH/c1-3-4-5-12(13)11-8-6-10(2)7-9-11;/h3,6-9,12H,1,4-5,13H2,2H3;1H/t12-;/m1./s1. The van der Waals surface area contributed by atoms with Crippen molar-refractivity contribution >= 4 is 12.4 Å². The lowest BCUT2D eigenvalue weighted by Crippen LogP contribution is -2.09. The predicted molar refractivity (Wildman–Crippen MR) is 64.8 cm³/mol. The minimum atomic E-state index is 0. The lowest BCUT2D eigenvalue weighted by Gasteiger charge is -2.10. The first-order valence-corrected chi connectivity index (χ1v) is 4.67. The van der Waals surface area contributed by atoms with Gasteiger partial charge in [0.1, 0.15) is 0 Å². The van der Waals surface area contributed by atoms with Crippen LogP contribution in [0.15, 0.2) is 36.9 Å². The minimum Gasteiger partial charge on any atom is -0.324 e. The summed E-state index contributed by atoms with van der Waals surface area (Å²) in [6.45, 7) is 5.77. The van der Waals surface area contributed by atoms with Gasteiger partial charge in [0.15, 0.2) is 0 Å². The maximum atomic E-state index is 5.98. The fourth-order valence-corrected chi connectivity index (χ4v) is 1.28. The second kappa shape index (κ2) is 6.63. The van der Waals surface area contributed by atoms with Crippen molar-refractivity contribution in [3.05, 3.63) is 48.0 Å². The molecule has 0 aliphatic rings. The first-order valence-electron chi connectivity index (χ1n) is 4.67. The lowest BCUT2D eigenvalue weighted by atomic mass is 10.0. The zero-order chi connectivity index (χ0) is 9.68. The molecule has 1 rings (SSSR count). The van der Waals surface area contributed by atoms with Crippen LogP contribution in [0.2, 0.25) is 0 Å². The average molecular weight is 212 g/mol. The molecule has 0 bridgehead atoms. The van der Waals surface area contributed by atoms with Crippen LogP contribution in [0.1, 0.15) is 30.0 Å². The van der Waals surface area contributed by atoms with Crippen LogP contribution in [0.4, 0.5) is 0 Å². The van der Waals surface area contributed by atoms with E-state index in [2.05, 4.69) is 37.8 Å². The van der Waals surface area contributed by atoms with Crippen molar-refractivity contribution in [2.45, 2.75) is 25.8 Å². The zero-order valence-corrected chi connectivity index (χ0v) is 9.39. The highest BCUT2D eigenvalue weighted by atomic mass is 35.5. The highest BCUT2D eigenvalue weighted by Crippen LogP contribution is 2.16. The van der Waals surface area contributed by atoms with Gasteiger partial charge in [0.25, 0.3) is 0 Å². The van der Waals surface area contributed by atoms with Crippen LogP contribution in [-0.4, -0.2) is 0 Å². The molecule has 0 amide bonds. The van der Waals surface area contributed by atoms with E-state index in [4.69, 9.17) is 5.73 Å². The average Bonchev–Trinajstić information content (AvgIpc) is 2.15. The molecular weight excluding hydrogens is 194 g/mol. The van der Waals surface area contributed by atoms with Gasteiger partial charge in [0.05, 0.1) is 0 Å². The zero-order valence-electron chi connectivity index (χ0n) is 8.57. The summed E-state index contributed by atoms with van der Waals surface area (Å²) in [6, 6.07) is 8.55. The summed E-state index contributed by atoms with van der Waals surface area (Å²) in [4.78, 5) is 0. The number of halogens is 1. The summed E-state index contributed by atoms with van der Waals surface area (Å²) in [6.07, 6.45) is 3.87. The van der Waals surface area contributed by atoms with E-state index >= 15 is 0 Å². The molecule has 0 radical (unpaired) electrons. The van der Waals surface area contributed by atoms with E-state index in [1.165, 1.54) is 11.1 Å². The largest absolute Gasteiger partial charge is 0.324 e. The molecule has 0 aliphatic carbocycles. The highest BCUT2D eigenvalue weighted by molar-refractivity contribution is 5.85. The number of hydrogen-bond donors (Lipinski definition) is 1. The third-order valence-electron chi connectivity index (χ3n) is 2.19. The Kier molecular flexibility index (Phi) is 6.26. The molecule has 1 aromatic carbocycles. The third kappa shape index (κ3) is 3.95. The SMILES string of the molecule is C=CCC[C@@H](N)c1ccc(C)cc1.Cl. The molecule has 0 aliphatic heterocycles. The summed E-state index contributed by atoms with van der Waals surface area (Å²) in [5.74, 6) is 0. The van der Waals surface area contributed by atoms with Gasteiger partial charge in [-0.2, -0.15) is 0 Å². The molecule has 0 aromatic heterocycles. The van der Waals surface area contributed by atoms with Crippen molar-refractivity contribution in [1.29, 1.82) is 0 Å². The van der Waals surface area contributed by atoms with Crippen molar-refractivity contribution in [2.24, 2.45) is 5.73 Å². The van der Waals surface area contributed by atoms with Crippen molar-refractivity contribution < 1.29 is 0 Å². The Bertz CT molecular complexity index is 266. The monoisotopic (exact) mass is 211 g/mol. The Labute approximate surface area is 92.4 Å². The van der Waals surface area contributed by atoms with Gasteiger partial charge in [-0.3, -0.25) is 0 Å². The number of aryl methyl sites for hydroxylation is 1. The van der Waals surface area contributed by atoms with Gasteiger partial charge in [-0.05, 0) is 25.3 Å². The molecule has 0 heterocycles. The van der Waals surface area contributed by atoms with Crippen LogP contribution in [-0.2, 0) is 0 Å². The molecule has 2 N–H and O–H groups in total. The van der Waals surface area contributed by atoms with E-state index in [1.54, 1.807) is 0 Å². The van der Waals surface area contributed by atoms with Crippen LogP contribution in [0.3, 0.4) is 0 Å². The number of benzene rings is 1. The molecule has 14 heavy (non-hydrogen) atoms. The molecule has 0 saturated heterocycles. The molecular formula is C12H18ClN. The van der Waals surface area contributed by atoms with Gasteiger partial charge in [-0.15, -0.1) is 19.0 Å². The molecule has 0 saturated carbocycles. The van der Waals surface area contributed by atoms with E-state index in [1.807, 2.05) is 6.08 Å². The van der Waals surface area contributed by atoms with Gasteiger partial charge in [-0.25, -0.2) is 0 Å². The summed E-state index contributed by atoms with van der Waals surface area (Å²) < 4.78 is 0. The van der Waals surface area contributed by atoms with Crippen LogP contribution in [0.5, 0.6) is 0 Å². The van der Waals surface area contributed by atoms with Crippen LogP contribution >= 0.6 is 12.4 Å². The number of nitrogens with two attached hydrogens (primary N) is 1. The molecule has 1 atom stereocenters. The Morgan fingerprint density at radius 1 is 1.36 bits per heavy atom. The highest BCUT2D eigenvalue weighted by Gasteiger charge is 2.03. The fraction of sp³-hybridized carbons (Fsp3) is 0.333. The quantitative estimate of drug-likeness (QED) is 0.760. The summed E-state index contributed by atoms with van der Waals surface area (Å²) in [5.41, 5.74) is 8.48. The Balaban J connectivity index is 0.00000169. The number of hydrogen-bond acceptors (Lipinski definition) is 1. The van der Waals surface area contributed by atoms with Gasteiger partial charge >= 0.3 is 0 Å². The second-order valence-corrected chi connectivity index (χ2v) is 3.38.